The maximum Gasteiger partial charge on any atom is 0.0000818 e. The van der Waals surface area contributed by atoms with Crippen LogP contribution in [0.25, 0.3) is 0 Å². The molecule has 0 N–H and O–H groups in total. The van der Waals surface area contributed by atoms with Crippen LogP contribution in [0.2, 0.25) is 0 Å². The summed E-state index contributed by atoms with van der Waals surface area (Å²) >= 11 is 0. The van der Waals surface area contributed by atoms with E-state index in [1.54, 1.807) is 0 Å². The minimum absolute atomic E-state index is 0.852. The van der Waals surface area contributed by atoms with Gasteiger partial charge in [0.1, 0.15) is 0 Å². The summed E-state index contributed by atoms with van der Waals surface area (Å²) in [5.74, 6) is 0.852. The van der Waals surface area contributed by atoms with Crippen molar-refractivity contribution in [3.05, 3.63) is 0 Å². The highest BCUT2D eigenvalue weighted by atomic mass is 15.1. The Labute approximate surface area is 117 Å². The fourth-order valence-corrected chi connectivity index (χ4v) is 1.20. The van der Waals surface area contributed by atoms with Crippen LogP contribution in [0, 0.1) is 5.92 Å². The van der Waals surface area contributed by atoms with Crippen molar-refractivity contribution >= 4 is 0 Å². The zero-order valence-electron chi connectivity index (χ0n) is 14.7. The Morgan fingerprint density at radius 2 is 1.17 bits per heavy atom. The van der Waals surface area contributed by atoms with Crippen molar-refractivity contribution in [2.45, 2.75) is 33.6 Å². The van der Waals surface area contributed by atoms with Crippen LogP contribution in [0.3, 0.4) is 0 Å². The van der Waals surface area contributed by atoms with E-state index in [0.29, 0.717) is 0 Å². The quantitative estimate of drug-likeness (QED) is 0.753. The minimum atomic E-state index is 0.852. The highest BCUT2D eigenvalue weighted by Crippen LogP contribution is 1.99. The van der Waals surface area contributed by atoms with Crippen molar-refractivity contribution in [3.63, 3.8) is 0 Å². The first-order valence-corrected chi connectivity index (χ1v) is 7.07. The third-order valence-corrected chi connectivity index (χ3v) is 2.04. The first-order valence-electron chi connectivity index (χ1n) is 7.07. The van der Waals surface area contributed by atoms with E-state index < -0.39 is 0 Å². The van der Waals surface area contributed by atoms with E-state index in [2.05, 4.69) is 58.8 Å². The Bertz CT molecular complexity index is 131. The minimum Gasteiger partial charge on any atom is -0.312 e. The van der Waals surface area contributed by atoms with Crippen LogP contribution in [-0.2, 0) is 0 Å². The Kier molecular flexibility index (Phi) is 21.6. The lowest BCUT2D eigenvalue weighted by molar-refractivity contribution is 0.334. The molecule has 1 unspecified atom stereocenters. The maximum atomic E-state index is 2.28. The highest BCUT2D eigenvalue weighted by molar-refractivity contribution is 4.51. The molecule has 0 aromatic rings. The molecule has 0 amide bonds. The summed E-state index contributed by atoms with van der Waals surface area (Å²) in [4.78, 5) is 6.41. The van der Waals surface area contributed by atoms with Crippen LogP contribution in [0.5, 0.6) is 0 Å². The predicted molar refractivity (Wildman–Crippen MR) is 86.5 cm³/mol. The van der Waals surface area contributed by atoms with Gasteiger partial charge in [-0.2, -0.15) is 0 Å². The topological polar surface area (TPSA) is 9.72 Å². The van der Waals surface area contributed by atoms with Gasteiger partial charge in [0.15, 0.2) is 0 Å². The van der Waals surface area contributed by atoms with Gasteiger partial charge >= 0.3 is 0 Å². The molecular weight excluding hydrogens is 222 g/mol. The lowest BCUT2D eigenvalue weighted by Gasteiger charge is -2.13. The van der Waals surface area contributed by atoms with Crippen LogP contribution in [0.15, 0.2) is 0 Å². The number of rotatable bonds is 5. The van der Waals surface area contributed by atoms with Crippen LogP contribution < -0.4 is 0 Å². The Morgan fingerprint density at radius 3 is 1.22 bits per heavy atom. The van der Waals surface area contributed by atoms with Crippen molar-refractivity contribution in [1.29, 1.82) is 0 Å². The van der Waals surface area contributed by atoms with E-state index >= 15 is 0 Å². The third-order valence-electron chi connectivity index (χ3n) is 2.04. The number of hydrogen-bond donors (Lipinski definition) is 0. The average molecular weight is 261 g/mol. The zero-order valence-corrected chi connectivity index (χ0v) is 14.7. The molecule has 0 aromatic heterocycles. The lowest BCUT2D eigenvalue weighted by Crippen LogP contribution is -2.18. The highest BCUT2D eigenvalue weighted by Gasteiger charge is 1.97. The molecule has 3 nitrogen and oxygen atoms in total. The van der Waals surface area contributed by atoms with E-state index in [0.717, 1.165) is 5.92 Å². The second kappa shape index (κ2) is 16.9. The van der Waals surface area contributed by atoms with E-state index in [1.807, 2.05) is 26.0 Å². The molecule has 0 aliphatic carbocycles. The molecule has 0 saturated heterocycles. The van der Waals surface area contributed by atoms with Crippen molar-refractivity contribution in [2.75, 3.05) is 62.4 Å². The summed E-state index contributed by atoms with van der Waals surface area (Å²) in [5.41, 5.74) is 0. The normalized spacial score (nSPS) is 11.8. The summed E-state index contributed by atoms with van der Waals surface area (Å²) < 4.78 is 0. The second-order valence-corrected chi connectivity index (χ2v) is 5.92. The molecule has 0 radical (unpaired) electrons. The van der Waals surface area contributed by atoms with E-state index in [4.69, 9.17) is 0 Å². The van der Waals surface area contributed by atoms with E-state index in [9.17, 15) is 0 Å². The fourth-order valence-electron chi connectivity index (χ4n) is 1.20. The molecule has 3 heteroatoms. The van der Waals surface area contributed by atoms with Crippen LogP contribution in [0.4, 0.5) is 0 Å². The Balaban J connectivity index is -0.000000200. The van der Waals surface area contributed by atoms with Crippen molar-refractivity contribution < 1.29 is 0 Å². The van der Waals surface area contributed by atoms with E-state index in [-0.39, 0.29) is 0 Å². The molecule has 0 aliphatic heterocycles. The van der Waals surface area contributed by atoms with Gasteiger partial charge in [-0.25, -0.2) is 0 Å². The average Bonchev–Trinajstić information content (AvgIpc) is 2.16. The van der Waals surface area contributed by atoms with Crippen LogP contribution in [-0.4, -0.2) is 77.1 Å². The molecule has 0 fully saturated rings. The smallest absolute Gasteiger partial charge is 0.0000818 e. The molecule has 0 rings (SSSR count). The third kappa shape index (κ3) is 44.6. The Morgan fingerprint density at radius 1 is 0.778 bits per heavy atom. The summed E-state index contributed by atoms with van der Waals surface area (Å²) in [7, 11) is 14.4. The van der Waals surface area contributed by atoms with Gasteiger partial charge in [0.2, 0.25) is 0 Å². The monoisotopic (exact) mass is 261 g/mol. The van der Waals surface area contributed by atoms with Crippen molar-refractivity contribution in [1.82, 2.24) is 14.7 Å². The van der Waals surface area contributed by atoms with Gasteiger partial charge in [-0.15, -0.1) is 0 Å². The van der Waals surface area contributed by atoms with Gasteiger partial charge < -0.3 is 14.7 Å². The van der Waals surface area contributed by atoms with Gasteiger partial charge in [0.25, 0.3) is 0 Å². The first kappa shape index (κ1) is 23.0. The molecule has 0 heterocycles. The van der Waals surface area contributed by atoms with Gasteiger partial charge in [0, 0.05) is 6.54 Å². The largest absolute Gasteiger partial charge is 0.312 e. The van der Waals surface area contributed by atoms with Gasteiger partial charge in [0.05, 0.1) is 0 Å². The lowest BCUT2D eigenvalue weighted by atomic mass is 10.1. The fraction of sp³-hybridized carbons (Fsp3) is 1.00. The molecule has 0 aromatic carbocycles. The summed E-state index contributed by atoms with van der Waals surface area (Å²) in [6, 6.07) is 0. The molecule has 0 bridgehead atoms. The molecule has 0 spiro atoms. The second-order valence-electron chi connectivity index (χ2n) is 5.92. The van der Waals surface area contributed by atoms with Gasteiger partial charge in [-0.3, -0.25) is 0 Å². The van der Waals surface area contributed by atoms with Crippen LogP contribution in [0.1, 0.15) is 33.6 Å². The number of hydrogen-bond acceptors (Lipinski definition) is 3. The van der Waals surface area contributed by atoms with E-state index in [1.165, 1.54) is 25.9 Å². The van der Waals surface area contributed by atoms with Crippen molar-refractivity contribution in [2.24, 2.45) is 5.92 Å². The van der Waals surface area contributed by atoms with Gasteiger partial charge in [-0.05, 0) is 68.2 Å². The predicted octanol–water partition coefficient (Wildman–Crippen LogP) is 2.73. The standard InChI is InChI=1S/C7H17N.C5H13N.C3H9N/c1-5-7(2)6-8(3)4;1-4-5-6(2)3;1-4(2)3/h7H,5-6H2,1-4H3;4-5H2,1-3H3;1-3H3. The molecule has 0 saturated carbocycles. The first-order chi connectivity index (χ1) is 8.17. The summed E-state index contributed by atoms with van der Waals surface area (Å²) in [6.07, 6.45) is 2.55. The maximum absolute atomic E-state index is 2.28. The molecule has 1 atom stereocenters. The van der Waals surface area contributed by atoms with Crippen LogP contribution >= 0.6 is 0 Å². The zero-order chi connectivity index (χ0) is 15.1. The number of nitrogens with zero attached hydrogens (tertiary/aromatic N) is 3. The molecule has 0 aliphatic rings. The molecule has 18 heavy (non-hydrogen) atoms. The molecular formula is C15H39N3. The molecule has 114 valence electrons. The van der Waals surface area contributed by atoms with Crippen molar-refractivity contribution in [3.8, 4) is 0 Å². The summed E-state index contributed by atoms with van der Waals surface area (Å²) in [6.45, 7) is 9.12. The van der Waals surface area contributed by atoms with Gasteiger partial charge in [-0.1, -0.05) is 27.2 Å². The Hall–Kier alpha value is -0.120. The SMILES string of the molecule is CCC(C)CN(C)C.CCCN(C)C.CN(C)C. The summed E-state index contributed by atoms with van der Waals surface area (Å²) in [5, 5.41) is 0.